The van der Waals surface area contributed by atoms with Crippen LogP contribution in [0.4, 0.5) is 0 Å². The van der Waals surface area contributed by atoms with E-state index in [0.717, 1.165) is 11.0 Å². The van der Waals surface area contributed by atoms with Gasteiger partial charge in [-0.1, -0.05) is 24.3 Å². The van der Waals surface area contributed by atoms with Crippen molar-refractivity contribution in [1.29, 1.82) is 0 Å². The molecule has 6 nitrogen and oxygen atoms in total. The van der Waals surface area contributed by atoms with Crippen LogP contribution < -0.4 is 5.46 Å². The van der Waals surface area contributed by atoms with Crippen molar-refractivity contribution < 1.29 is 14.0 Å². The fourth-order valence-corrected chi connectivity index (χ4v) is 2.52. The zero-order chi connectivity index (χ0) is 17.4. The maximum Gasteiger partial charge on any atom is 0.494 e. The molecule has 0 N–H and O–H groups in total. The van der Waals surface area contributed by atoms with Crippen LogP contribution in [-0.4, -0.2) is 46.8 Å². The van der Waals surface area contributed by atoms with E-state index in [4.69, 9.17) is 14.0 Å². The fraction of sp³-hybridized carbons (Fsp3) is 0.529. The summed E-state index contributed by atoms with van der Waals surface area (Å²) in [6, 6.07) is 8.00. The first kappa shape index (κ1) is 17.1. The summed E-state index contributed by atoms with van der Waals surface area (Å²) in [5, 5.41) is 4.49. The molecule has 3 rings (SSSR count). The molecule has 0 aliphatic carbocycles. The topological polar surface area (TPSA) is 58.4 Å². The standard InChI is InChI=1S/C17H24BN3O3/c1-16(2)17(3,4)24-18(23-16)14-8-6-7-13(11-14)15-19-12-21(20-15)9-10-22-5/h6-8,11-12H,9-10H2,1-5H3. The Morgan fingerprint density at radius 3 is 2.54 bits per heavy atom. The molecule has 0 spiro atoms. The monoisotopic (exact) mass is 329 g/mol. The Balaban J connectivity index is 1.81. The molecule has 1 aliphatic rings. The highest BCUT2D eigenvalue weighted by Gasteiger charge is 2.51. The van der Waals surface area contributed by atoms with Gasteiger partial charge in [0.2, 0.25) is 0 Å². The van der Waals surface area contributed by atoms with Gasteiger partial charge in [0.25, 0.3) is 0 Å². The Kier molecular flexibility index (Phi) is 4.51. The Morgan fingerprint density at radius 1 is 1.17 bits per heavy atom. The van der Waals surface area contributed by atoms with Crippen LogP contribution in [0.15, 0.2) is 30.6 Å². The third-order valence-electron chi connectivity index (χ3n) is 4.73. The second kappa shape index (κ2) is 6.31. The van der Waals surface area contributed by atoms with Crippen molar-refractivity contribution >= 4 is 12.6 Å². The summed E-state index contributed by atoms with van der Waals surface area (Å²) in [6.45, 7) is 9.49. The van der Waals surface area contributed by atoms with Gasteiger partial charge in [-0.15, -0.1) is 0 Å². The third-order valence-corrected chi connectivity index (χ3v) is 4.73. The van der Waals surface area contributed by atoms with Gasteiger partial charge in [0.15, 0.2) is 5.82 Å². The Morgan fingerprint density at radius 2 is 1.88 bits per heavy atom. The van der Waals surface area contributed by atoms with Gasteiger partial charge in [-0.2, -0.15) is 5.10 Å². The van der Waals surface area contributed by atoms with Crippen molar-refractivity contribution in [3.8, 4) is 11.4 Å². The highest BCUT2D eigenvalue weighted by molar-refractivity contribution is 6.62. The van der Waals surface area contributed by atoms with Crippen molar-refractivity contribution in [1.82, 2.24) is 14.8 Å². The highest BCUT2D eigenvalue weighted by atomic mass is 16.7. The molecule has 1 saturated heterocycles. The van der Waals surface area contributed by atoms with E-state index in [-0.39, 0.29) is 18.3 Å². The van der Waals surface area contributed by atoms with Crippen molar-refractivity contribution in [3.63, 3.8) is 0 Å². The van der Waals surface area contributed by atoms with E-state index in [0.29, 0.717) is 19.0 Å². The lowest BCUT2D eigenvalue weighted by Gasteiger charge is -2.32. The third kappa shape index (κ3) is 3.24. The number of nitrogens with zero attached hydrogens (tertiary/aromatic N) is 3. The molecule has 1 aromatic carbocycles. The van der Waals surface area contributed by atoms with Crippen LogP contribution in [0.2, 0.25) is 0 Å². The van der Waals surface area contributed by atoms with Crippen LogP contribution in [0.25, 0.3) is 11.4 Å². The summed E-state index contributed by atoms with van der Waals surface area (Å²) in [6.07, 6.45) is 1.72. The molecule has 24 heavy (non-hydrogen) atoms. The van der Waals surface area contributed by atoms with Gasteiger partial charge in [-0.25, -0.2) is 4.98 Å². The van der Waals surface area contributed by atoms with Crippen LogP contribution in [0.1, 0.15) is 27.7 Å². The lowest BCUT2D eigenvalue weighted by atomic mass is 9.78. The zero-order valence-corrected chi connectivity index (χ0v) is 14.9. The Hall–Kier alpha value is -1.70. The molecule has 0 saturated carbocycles. The van der Waals surface area contributed by atoms with E-state index in [1.165, 1.54) is 0 Å². The minimum atomic E-state index is -0.384. The van der Waals surface area contributed by atoms with Gasteiger partial charge >= 0.3 is 7.12 Å². The first-order valence-corrected chi connectivity index (χ1v) is 8.17. The van der Waals surface area contributed by atoms with Crippen molar-refractivity contribution in [2.75, 3.05) is 13.7 Å². The van der Waals surface area contributed by atoms with E-state index in [1.54, 1.807) is 18.1 Å². The number of hydrogen-bond acceptors (Lipinski definition) is 5. The Labute approximate surface area is 143 Å². The molecule has 0 bridgehead atoms. The minimum Gasteiger partial charge on any atom is -0.399 e. The maximum atomic E-state index is 6.11. The van der Waals surface area contributed by atoms with Crippen LogP contribution in [0.5, 0.6) is 0 Å². The lowest BCUT2D eigenvalue weighted by Crippen LogP contribution is -2.41. The molecule has 1 aromatic heterocycles. The number of hydrogen-bond donors (Lipinski definition) is 0. The predicted molar refractivity (Wildman–Crippen MR) is 93.1 cm³/mol. The second-order valence-corrected chi connectivity index (χ2v) is 7.04. The molecule has 0 atom stereocenters. The first-order valence-electron chi connectivity index (χ1n) is 8.17. The largest absolute Gasteiger partial charge is 0.494 e. The van der Waals surface area contributed by atoms with E-state index in [1.807, 2.05) is 24.3 Å². The molecule has 7 heteroatoms. The average molecular weight is 329 g/mol. The molecule has 128 valence electrons. The molecule has 0 amide bonds. The van der Waals surface area contributed by atoms with Gasteiger partial charge in [0, 0.05) is 12.7 Å². The minimum absolute atomic E-state index is 0.354. The fourth-order valence-electron chi connectivity index (χ4n) is 2.52. The summed E-state index contributed by atoms with van der Waals surface area (Å²) in [5.41, 5.74) is 1.21. The van der Waals surface area contributed by atoms with Crippen LogP contribution >= 0.6 is 0 Å². The predicted octanol–water partition coefficient (Wildman–Crippen LogP) is 1.89. The summed E-state index contributed by atoms with van der Waals surface area (Å²) in [4.78, 5) is 4.38. The summed E-state index contributed by atoms with van der Waals surface area (Å²) in [7, 11) is 1.29. The summed E-state index contributed by atoms with van der Waals surface area (Å²) in [5.74, 6) is 0.685. The molecule has 0 radical (unpaired) electrons. The molecule has 1 fully saturated rings. The highest BCUT2D eigenvalue weighted by Crippen LogP contribution is 2.36. The summed E-state index contributed by atoms with van der Waals surface area (Å²) >= 11 is 0. The number of rotatable bonds is 5. The molecule has 1 aliphatic heterocycles. The van der Waals surface area contributed by atoms with E-state index >= 15 is 0 Å². The Bertz CT molecular complexity index is 699. The van der Waals surface area contributed by atoms with Crippen LogP contribution in [0, 0.1) is 0 Å². The van der Waals surface area contributed by atoms with E-state index in [2.05, 4.69) is 37.8 Å². The molecule has 0 unspecified atom stereocenters. The van der Waals surface area contributed by atoms with Crippen molar-refractivity contribution in [3.05, 3.63) is 30.6 Å². The number of methoxy groups -OCH3 is 1. The first-order chi connectivity index (χ1) is 11.3. The van der Waals surface area contributed by atoms with Gasteiger partial charge in [-0.3, -0.25) is 4.68 Å². The number of ether oxygens (including phenoxy) is 1. The molecule has 2 aromatic rings. The second-order valence-electron chi connectivity index (χ2n) is 7.04. The van der Waals surface area contributed by atoms with Gasteiger partial charge in [0.1, 0.15) is 6.33 Å². The zero-order valence-electron chi connectivity index (χ0n) is 14.9. The quantitative estimate of drug-likeness (QED) is 0.784. The average Bonchev–Trinajstić information content (AvgIpc) is 3.08. The van der Waals surface area contributed by atoms with E-state index in [9.17, 15) is 0 Å². The van der Waals surface area contributed by atoms with E-state index < -0.39 is 0 Å². The maximum absolute atomic E-state index is 6.11. The number of aromatic nitrogens is 3. The normalized spacial score (nSPS) is 19.0. The molecular formula is C17H24BN3O3. The summed E-state index contributed by atoms with van der Waals surface area (Å²) < 4.78 is 19.1. The lowest BCUT2D eigenvalue weighted by molar-refractivity contribution is 0.00578. The van der Waals surface area contributed by atoms with Crippen molar-refractivity contribution in [2.45, 2.75) is 45.4 Å². The van der Waals surface area contributed by atoms with Crippen LogP contribution in [0.3, 0.4) is 0 Å². The molecular weight excluding hydrogens is 305 g/mol. The smallest absolute Gasteiger partial charge is 0.399 e. The van der Waals surface area contributed by atoms with Gasteiger partial charge in [0.05, 0.1) is 24.4 Å². The van der Waals surface area contributed by atoms with Gasteiger partial charge < -0.3 is 14.0 Å². The van der Waals surface area contributed by atoms with Gasteiger partial charge in [-0.05, 0) is 33.2 Å². The van der Waals surface area contributed by atoms with Crippen LogP contribution in [-0.2, 0) is 20.6 Å². The number of benzene rings is 1. The SMILES string of the molecule is COCCn1cnc(-c2cccc(B3OC(C)(C)C(C)(C)O3)c2)n1. The molecule has 2 heterocycles. The van der Waals surface area contributed by atoms with Crippen molar-refractivity contribution in [2.24, 2.45) is 0 Å².